The number of hydrogen-bond donors (Lipinski definition) is 0. The molecular weight excluding hydrogens is 452 g/mol. The van der Waals surface area contributed by atoms with Crippen LogP contribution in [0, 0.1) is 10.1 Å². The van der Waals surface area contributed by atoms with Crippen molar-refractivity contribution in [3.05, 3.63) is 107 Å². The number of esters is 1. The summed E-state index contributed by atoms with van der Waals surface area (Å²) in [6.45, 7) is 1.68. The van der Waals surface area contributed by atoms with E-state index in [0.717, 1.165) is 4.57 Å². The van der Waals surface area contributed by atoms with Crippen LogP contribution in [0.3, 0.4) is 0 Å². The predicted molar refractivity (Wildman–Crippen MR) is 128 cm³/mol. The highest BCUT2D eigenvalue weighted by atomic mass is 16.6. The van der Waals surface area contributed by atoms with Crippen LogP contribution in [0.4, 0.5) is 11.5 Å². The Kier molecular flexibility index (Phi) is 5.08. The lowest BCUT2D eigenvalue weighted by Gasteiger charge is -2.27. The number of allylic oxidation sites excluding steroid dienone is 1. The molecule has 0 unspecified atom stereocenters. The molecule has 1 aromatic heterocycles. The molecule has 0 spiro atoms. The van der Waals surface area contributed by atoms with Crippen molar-refractivity contribution in [2.24, 2.45) is 19.1 Å². The molecule has 0 N–H and O–H groups in total. The molecule has 0 bridgehead atoms. The molecule has 2 aliphatic rings. The average molecular weight is 472 g/mol. The number of carbonyl (C=O) groups excluding carboxylic acids is 1. The van der Waals surface area contributed by atoms with Crippen LogP contribution in [0.15, 0.2) is 68.7 Å². The Bertz CT molecular complexity index is 1610. The molecule has 0 fully saturated rings. The van der Waals surface area contributed by atoms with Gasteiger partial charge in [-0.05, 0) is 5.56 Å². The molecule has 0 saturated heterocycles. The highest BCUT2D eigenvalue weighted by Gasteiger charge is 2.42. The van der Waals surface area contributed by atoms with Gasteiger partial charge in [0.05, 0.1) is 16.2 Å². The van der Waals surface area contributed by atoms with Crippen LogP contribution in [0.25, 0.3) is 5.76 Å². The highest BCUT2D eigenvalue weighted by Crippen LogP contribution is 2.49. The number of rotatable bonds is 4. The largest absolute Gasteiger partial charge is 0.425 e. The number of nitro groups is 1. The minimum Gasteiger partial charge on any atom is -0.425 e. The fourth-order valence-electron chi connectivity index (χ4n) is 4.59. The summed E-state index contributed by atoms with van der Waals surface area (Å²) in [6, 6.07) is 13.1. The molecule has 5 rings (SSSR count). The Labute approximate surface area is 198 Å². The zero-order valence-electron chi connectivity index (χ0n) is 19.1. The maximum atomic E-state index is 13.4. The van der Waals surface area contributed by atoms with Crippen LogP contribution in [0.5, 0.6) is 0 Å². The van der Waals surface area contributed by atoms with Crippen molar-refractivity contribution in [1.82, 2.24) is 9.13 Å². The number of nitrogens with zero attached hydrogens (tertiary/aromatic N) is 4. The van der Waals surface area contributed by atoms with Crippen molar-refractivity contribution in [3.8, 4) is 0 Å². The minimum atomic E-state index is -0.782. The van der Waals surface area contributed by atoms with Crippen molar-refractivity contribution in [2.45, 2.75) is 19.3 Å². The summed E-state index contributed by atoms with van der Waals surface area (Å²) < 4.78 is 8.08. The zero-order valence-corrected chi connectivity index (χ0v) is 19.1. The van der Waals surface area contributed by atoms with Crippen LogP contribution in [0.1, 0.15) is 41.5 Å². The van der Waals surface area contributed by atoms with E-state index in [4.69, 9.17) is 9.73 Å². The molecule has 1 aliphatic heterocycles. The van der Waals surface area contributed by atoms with Crippen molar-refractivity contribution in [2.75, 3.05) is 0 Å². The highest BCUT2D eigenvalue weighted by molar-refractivity contribution is 6.25. The van der Waals surface area contributed by atoms with Gasteiger partial charge in [-0.2, -0.15) is 0 Å². The molecule has 2 heterocycles. The molecule has 1 atom stereocenters. The number of carbonyl (C=O) groups is 1. The van der Waals surface area contributed by atoms with Crippen molar-refractivity contribution < 1.29 is 14.5 Å². The number of aromatic nitrogens is 2. The first kappa shape index (κ1) is 22.2. The Morgan fingerprint density at radius 2 is 1.71 bits per heavy atom. The first-order chi connectivity index (χ1) is 16.7. The van der Waals surface area contributed by atoms with Gasteiger partial charge in [-0.15, -0.1) is 0 Å². The molecule has 35 heavy (non-hydrogen) atoms. The van der Waals surface area contributed by atoms with Gasteiger partial charge in [-0.1, -0.05) is 43.3 Å². The number of non-ortho nitro benzene ring substituents is 1. The Hall–Kier alpha value is -4.60. The lowest BCUT2D eigenvalue weighted by molar-refractivity contribution is -0.384. The first-order valence-electron chi connectivity index (χ1n) is 10.9. The third-order valence-electron chi connectivity index (χ3n) is 6.33. The van der Waals surface area contributed by atoms with Crippen LogP contribution in [-0.2, 0) is 23.6 Å². The van der Waals surface area contributed by atoms with E-state index >= 15 is 0 Å². The molecule has 1 aliphatic carbocycles. The molecule has 10 heteroatoms. The third-order valence-corrected chi connectivity index (χ3v) is 6.33. The molecule has 2 aromatic carbocycles. The Balaban J connectivity index is 1.90. The van der Waals surface area contributed by atoms with Gasteiger partial charge in [0.1, 0.15) is 11.6 Å². The lowest BCUT2D eigenvalue weighted by Crippen LogP contribution is -2.41. The van der Waals surface area contributed by atoms with Crippen LogP contribution in [-0.4, -0.2) is 25.7 Å². The standard InChI is InChI=1S/C25H20N4O6/c1-4-17(30)35-22-16-8-6-5-7-15(16)21-19(22)18(13-9-11-14(12-10-13)29(33)34)20-23(26-21)27(2)25(32)28(3)24(20)31/h5-12,18H,4H2,1-3H3/t18-/m0/s1. The Morgan fingerprint density at radius 3 is 2.34 bits per heavy atom. The van der Waals surface area contributed by atoms with Gasteiger partial charge in [0.2, 0.25) is 0 Å². The number of benzene rings is 2. The van der Waals surface area contributed by atoms with E-state index in [9.17, 15) is 24.5 Å². The van der Waals surface area contributed by atoms with Gasteiger partial charge < -0.3 is 4.74 Å². The van der Waals surface area contributed by atoms with E-state index in [0.29, 0.717) is 28.0 Å². The SMILES string of the molecule is CCC(=O)OC1=C2C(=Nc3c(c(=O)n(C)c(=O)n3C)[C@H]2c2ccc([N+](=O)[O-])cc2)c2ccccc21. The summed E-state index contributed by atoms with van der Waals surface area (Å²) in [6.07, 6.45) is 0.139. The summed E-state index contributed by atoms with van der Waals surface area (Å²) in [5.41, 5.74) is 1.94. The topological polar surface area (TPSA) is 126 Å². The number of aliphatic imine (C=N–C) groups is 1. The quantitative estimate of drug-likeness (QED) is 0.327. The second kappa shape index (κ2) is 8.01. The summed E-state index contributed by atoms with van der Waals surface area (Å²) in [5.74, 6) is -0.754. The fraction of sp³-hybridized carbons (Fsp3) is 0.200. The zero-order chi connectivity index (χ0) is 25.0. The summed E-state index contributed by atoms with van der Waals surface area (Å²) in [4.78, 5) is 54.0. The molecule has 176 valence electrons. The third kappa shape index (κ3) is 3.25. The van der Waals surface area contributed by atoms with Gasteiger partial charge in [0.15, 0.2) is 0 Å². The summed E-state index contributed by atoms with van der Waals surface area (Å²) >= 11 is 0. The van der Waals surface area contributed by atoms with E-state index in [1.54, 1.807) is 31.2 Å². The van der Waals surface area contributed by atoms with E-state index in [2.05, 4.69) is 0 Å². The van der Waals surface area contributed by atoms with Crippen LogP contribution < -0.4 is 11.2 Å². The molecular formula is C25H20N4O6. The average Bonchev–Trinajstić information content (AvgIpc) is 3.18. The second-order valence-electron chi connectivity index (χ2n) is 8.30. The molecule has 0 radical (unpaired) electrons. The molecule has 0 amide bonds. The number of fused-ring (bicyclic) bond motifs is 4. The van der Waals surface area contributed by atoms with Crippen molar-refractivity contribution in [3.63, 3.8) is 0 Å². The summed E-state index contributed by atoms with van der Waals surface area (Å²) in [7, 11) is 2.91. The number of hydrogen-bond acceptors (Lipinski definition) is 7. The van der Waals surface area contributed by atoms with E-state index in [-0.39, 0.29) is 29.2 Å². The monoisotopic (exact) mass is 472 g/mol. The smallest absolute Gasteiger partial charge is 0.332 e. The van der Waals surface area contributed by atoms with Gasteiger partial charge in [0.25, 0.3) is 11.2 Å². The van der Waals surface area contributed by atoms with Gasteiger partial charge in [-0.3, -0.25) is 28.8 Å². The maximum absolute atomic E-state index is 13.4. The molecule has 10 nitrogen and oxygen atoms in total. The van der Waals surface area contributed by atoms with Gasteiger partial charge in [-0.25, -0.2) is 9.79 Å². The maximum Gasteiger partial charge on any atom is 0.332 e. The predicted octanol–water partition coefficient (Wildman–Crippen LogP) is 2.94. The lowest BCUT2D eigenvalue weighted by atomic mass is 9.81. The Morgan fingerprint density at radius 1 is 1.06 bits per heavy atom. The van der Waals surface area contributed by atoms with Crippen molar-refractivity contribution in [1.29, 1.82) is 0 Å². The number of ether oxygens (including phenoxy) is 1. The van der Waals surface area contributed by atoms with Crippen LogP contribution in [0.2, 0.25) is 0 Å². The number of nitro benzene ring substituents is 1. The second-order valence-corrected chi connectivity index (χ2v) is 8.30. The first-order valence-corrected chi connectivity index (χ1v) is 10.9. The van der Waals surface area contributed by atoms with Crippen molar-refractivity contribution >= 4 is 28.9 Å². The van der Waals surface area contributed by atoms with Crippen LogP contribution >= 0.6 is 0 Å². The fourth-order valence-corrected chi connectivity index (χ4v) is 4.59. The van der Waals surface area contributed by atoms with Gasteiger partial charge in [0, 0.05) is 55.3 Å². The molecule has 0 saturated carbocycles. The van der Waals surface area contributed by atoms with E-state index in [1.165, 1.54) is 30.8 Å². The minimum absolute atomic E-state index is 0.103. The summed E-state index contributed by atoms with van der Waals surface area (Å²) in [5, 5.41) is 11.2. The van der Waals surface area contributed by atoms with E-state index in [1.807, 2.05) is 12.1 Å². The molecule has 3 aromatic rings. The van der Waals surface area contributed by atoms with Gasteiger partial charge >= 0.3 is 11.7 Å². The normalized spacial score (nSPS) is 15.7. The van der Waals surface area contributed by atoms with E-state index < -0.39 is 28.1 Å².